The minimum absolute atomic E-state index is 0.0666. The molecule has 2 N–H and O–H groups in total. The number of halogens is 2. The molecule has 0 radical (unpaired) electrons. The molecule has 0 amide bonds. The van der Waals surface area contributed by atoms with Crippen LogP contribution in [0.4, 0.5) is 5.69 Å². The van der Waals surface area contributed by atoms with E-state index in [0.717, 1.165) is 28.5 Å². The highest BCUT2D eigenvalue weighted by Gasteiger charge is 2.41. The van der Waals surface area contributed by atoms with E-state index in [1.165, 1.54) is 12.1 Å². The fourth-order valence-electron chi connectivity index (χ4n) is 2.96. The Kier molecular flexibility index (Phi) is 5.71. The predicted octanol–water partition coefficient (Wildman–Crippen LogP) is 4.93. The molecule has 0 bridgehead atoms. The monoisotopic (exact) mass is 453 g/mol. The Bertz CT molecular complexity index is 1110. The van der Waals surface area contributed by atoms with Gasteiger partial charge in [-0.05, 0) is 45.0 Å². The molecule has 0 aromatic heterocycles. The van der Waals surface area contributed by atoms with E-state index >= 15 is 0 Å². The zero-order valence-electron chi connectivity index (χ0n) is 16.2. The number of nitrogens with one attached hydrogen (secondary N) is 1. The summed E-state index contributed by atoms with van der Waals surface area (Å²) in [5, 5.41) is 4.38. The van der Waals surface area contributed by atoms with E-state index in [1.54, 1.807) is 18.2 Å². The lowest BCUT2D eigenvalue weighted by Gasteiger charge is -2.34. The number of nitrogens with zero attached hydrogens (tertiary/aromatic N) is 2. The van der Waals surface area contributed by atoms with Gasteiger partial charge in [0.25, 0.3) is 10.1 Å². The van der Waals surface area contributed by atoms with Gasteiger partial charge in [0.2, 0.25) is 5.96 Å². The first-order valence-electron chi connectivity index (χ1n) is 8.75. The van der Waals surface area contributed by atoms with Crippen molar-refractivity contribution in [2.75, 3.05) is 0 Å². The first kappa shape index (κ1) is 21.6. The lowest BCUT2D eigenvalue weighted by molar-refractivity contribution is 0.269. The highest BCUT2D eigenvalue weighted by atomic mass is 35.5. The molecule has 9 heteroatoms. The number of aryl methyl sites for hydroxylation is 1. The zero-order valence-corrected chi connectivity index (χ0v) is 18.5. The molecule has 1 fully saturated rings. The van der Waals surface area contributed by atoms with Crippen molar-refractivity contribution in [3.8, 4) is 0 Å². The second-order valence-corrected chi connectivity index (χ2v) is 9.54. The molecular weight excluding hydrogens is 433 g/mol. The van der Waals surface area contributed by atoms with Crippen molar-refractivity contribution in [3.05, 3.63) is 69.8 Å². The van der Waals surface area contributed by atoms with E-state index in [9.17, 15) is 8.42 Å². The van der Waals surface area contributed by atoms with Gasteiger partial charge in [-0.3, -0.25) is 4.55 Å². The predicted molar refractivity (Wildman–Crippen MR) is 116 cm³/mol. The van der Waals surface area contributed by atoms with E-state index < -0.39 is 10.1 Å². The summed E-state index contributed by atoms with van der Waals surface area (Å²) in [6.07, 6.45) is 0. The Balaban J connectivity index is 0.000000188. The van der Waals surface area contributed by atoms with Crippen molar-refractivity contribution >= 4 is 45.0 Å². The zero-order chi connectivity index (χ0) is 21.6. The Morgan fingerprint density at radius 3 is 2.38 bits per heavy atom. The fourth-order valence-corrected chi connectivity index (χ4v) is 3.84. The standard InChI is InChI=1S/C13H13Cl2N3.C7H8O3S/c1-7-13(2,3)18-6-8-10(17-12(18)16-7)5-4-9(14)11(8)15;1-6-2-4-7(5-3-6)11(8,9)10/h4-5H,1,6H2,2-3H3,(H,16,17);2-5H,1H3,(H,8,9,10). The number of aliphatic imine (C=N–C) groups is 1. The Morgan fingerprint density at radius 2 is 1.79 bits per heavy atom. The molecule has 1 saturated heterocycles. The van der Waals surface area contributed by atoms with Gasteiger partial charge in [-0.1, -0.05) is 47.5 Å². The highest BCUT2D eigenvalue weighted by Crippen LogP contribution is 2.41. The maximum absolute atomic E-state index is 10.5. The molecule has 2 aromatic carbocycles. The number of rotatable bonds is 1. The van der Waals surface area contributed by atoms with E-state index in [2.05, 4.69) is 35.6 Å². The van der Waals surface area contributed by atoms with Crippen LogP contribution < -0.4 is 5.32 Å². The number of hydrogen-bond donors (Lipinski definition) is 2. The minimum atomic E-state index is -4.02. The van der Waals surface area contributed by atoms with Crippen LogP contribution in [-0.2, 0) is 16.7 Å². The Labute approximate surface area is 180 Å². The molecule has 2 heterocycles. The molecule has 4 rings (SSSR count). The Hall–Kier alpha value is -2.06. The van der Waals surface area contributed by atoms with E-state index in [0.29, 0.717) is 16.6 Å². The van der Waals surface area contributed by atoms with Gasteiger partial charge in [-0.15, -0.1) is 0 Å². The van der Waals surface area contributed by atoms with Crippen molar-refractivity contribution in [1.29, 1.82) is 0 Å². The second-order valence-electron chi connectivity index (χ2n) is 7.33. The lowest BCUT2D eigenvalue weighted by atomic mass is 10.00. The van der Waals surface area contributed by atoms with Gasteiger partial charge in [0.1, 0.15) is 0 Å². The van der Waals surface area contributed by atoms with Gasteiger partial charge in [-0.2, -0.15) is 8.42 Å². The van der Waals surface area contributed by atoms with Crippen LogP contribution in [0.2, 0.25) is 10.0 Å². The minimum Gasteiger partial charge on any atom is -0.328 e. The largest absolute Gasteiger partial charge is 0.328 e. The van der Waals surface area contributed by atoms with E-state index in [-0.39, 0.29) is 10.4 Å². The van der Waals surface area contributed by atoms with Gasteiger partial charge in [-0.25, -0.2) is 4.99 Å². The number of fused-ring (bicyclic) bond motifs is 2. The molecule has 2 aliphatic rings. The molecule has 154 valence electrons. The maximum Gasteiger partial charge on any atom is 0.294 e. The summed E-state index contributed by atoms with van der Waals surface area (Å²) < 4.78 is 29.6. The summed E-state index contributed by atoms with van der Waals surface area (Å²) in [7, 11) is -4.02. The lowest BCUT2D eigenvalue weighted by Crippen LogP contribution is -2.42. The molecule has 0 spiro atoms. The fraction of sp³-hybridized carbons (Fsp3) is 0.250. The smallest absolute Gasteiger partial charge is 0.294 e. The van der Waals surface area contributed by atoms with E-state index in [4.69, 9.17) is 27.8 Å². The SMILES string of the molecule is C=C1NC2=Nc3ccc(Cl)c(Cl)c3CN2C1(C)C.Cc1ccc(S(=O)(=O)O)cc1. The number of guanidine groups is 1. The van der Waals surface area contributed by atoms with Crippen LogP contribution in [0.15, 0.2) is 58.6 Å². The van der Waals surface area contributed by atoms with Gasteiger partial charge >= 0.3 is 0 Å². The third-order valence-corrected chi connectivity index (χ3v) is 6.68. The second kappa shape index (κ2) is 7.65. The highest BCUT2D eigenvalue weighted by molar-refractivity contribution is 7.85. The normalized spacial score (nSPS) is 16.8. The van der Waals surface area contributed by atoms with Gasteiger partial charge in [0, 0.05) is 11.3 Å². The van der Waals surface area contributed by atoms with Crippen LogP contribution in [0.1, 0.15) is 25.0 Å². The van der Waals surface area contributed by atoms with Gasteiger partial charge in [0.05, 0.1) is 32.7 Å². The van der Waals surface area contributed by atoms with Crippen LogP contribution in [0.5, 0.6) is 0 Å². The molecule has 2 aliphatic heterocycles. The molecule has 2 aromatic rings. The van der Waals surface area contributed by atoms with Crippen LogP contribution in [-0.4, -0.2) is 29.4 Å². The van der Waals surface area contributed by atoms with Crippen LogP contribution in [0, 0.1) is 6.92 Å². The third-order valence-electron chi connectivity index (χ3n) is 4.96. The summed E-state index contributed by atoms with van der Waals surface area (Å²) in [5.41, 5.74) is 3.56. The quantitative estimate of drug-likeness (QED) is 0.597. The van der Waals surface area contributed by atoms with Crippen molar-refractivity contribution < 1.29 is 13.0 Å². The molecule has 6 nitrogen and oxygen atoms in total. The van der Waals surface area contributed by atoms with Crippen LogP contribution in [0.25, 0.3) is 0 Å². The van der Waals surface area contributed by atoms with Crippen LogP contribution in [0.3, 0.4) is 0 Å². The van der Waals surface area contributed by atoms with Crippen molar-refractivity contribution in [1.82, 2.24) is 10.2 Å². The van der Waals surface area contributed by atoms with Gasteiger partial charge < -0.3 is 10.2 Å². The number of hydrogen-bond acceptors (Lipinski definition) is 5. The molecule has 0 saturated carbocycles. The molecule has 29 heavy (non-hydrogen) atoms. The maximum atomic E-state index is 10.5. The molecule has 0 atom stereocenters. The van der Waals surface area contributed by atoms with Gasteiger partial charge in [0.15, 0.2) is 0 Å². The average molecular weight is 454 g/mol. The van der Waals surface area contributed by atoms with Crippen molar-refractivity contribution in [2.24, 2.45) is 4.99 Å². The summed E-state index contributed by atoms with van der Waals surface area (Å²) >= 11 is 12.3. The molecule has 0 unspecified atom stereocenters. The van der Waals surface area contributed by atoms with Crippen LogP contribution >= 0.6 is 23.2 Å². The summed E-state index contributed by atoms with van der Waals surface area (Å²) in [6, 6.07) is 9.66. The average Bonchev–Trinajstić information content (AvgIpc) is 2.86. The molecule has 0 aliphatic carbocycles. The topological polar surface area (TPSA) is 82.0 Å². The summed E-state index contributed by atoms with van der Waals surface area (Å²) in [5.74, 6) is 0.830. The van der Waals surface area contributed by atoms with Crippen molar-refractivity contribution in [2.45, 2.75) is 37.8 Å². The first-order chi connectivity index (χ1) is 13.4. The third kappa shape index (κ3) is 4.28. The molecular formula is C20H21Cl2N3O3S. The summed E-state index contributed by atoms with van der Waals surface area (Å²) in [4.78, 5) is 6.67. The number of benzene rings is 2. The Morgan fingerprint density at radius 1 is 1.17 bits per heavy atom. The first-order valence-corrected chi connectivity index (χ1v) is 10.9. The van der Waals surface area contributed by atoms with E-state index in [1.807, 2.05) is 13.0 Å². The van der Waals surface area contributed by atoms with Crippen molar-refractivity contribution in [3.63, 3.8) is 0 Å². The summed E-state index contributed by atoms with van der Waals surface area (Å²) in [6.45, 7) is 10.8.